The second kappa shape index (κ2) is 10.7. The normalized spacial score (nSPS) is 15.5. The van der Waals surface area contributed by atoms with Crippen LogP contribution in [0, 0.1) is 11.7 Å². The van der Waals surface area contributed by atoms with Gasteiger partial charge in [0.15, 0.2) is 0 Å². The highest BCUT2D eigenvalue weighted by Crippen LogP contribution is 2.22. The number of hydrogen-bond donors (Lipinski definition) is 4. The van der Waals surface area contributed by atoms with E-state index in [0.29, 0.717) is 22.4 Å². The van der Waals surface area contributed by atoms with Crippen molar-refractivity contribution in [2.24, 2.45) is 10.9 Å². The number of fused-ring (bicyclic) bond motifs is 1. The van der Waals surface area contributed by atoms with Gasteiger partial charge in [-0.1, -0.05) is 51.1 Å². The van der Waals surface area contributed by atoms with Gasteiger partial charge in [-0.15, -0.1) is 0 Å². The van der Waals surface area contributed by atoms with E-state index >= 15 is 0 Å². The van der Waals surface area contributed by atoms with Gasteiger partial charge in [0.05, 0.1) is 12.6 Å². The minimum absolute atomic E-state index is 0.00842. The highest BCUT2D eigenvalue weighted by molar-refractivity contribution is 6.12. The topological polar surface area (TPSA) is 102 Å². The van der Waals surface area contributed by atoms with Crippen LogP contribution in [0.1, 0.15) is 38.3 Å². The van der Waals surface area contributed by atoms with E-state index in [1.807, 2.05) is 36.4 Å². The first kappa shape index (κ1) is 23.1. The Hall–Kier alpha value is -3.52. The van der Waals surface area contributed by atoms with E-state index in [2.05, 4.69) is 46.4 Å². The standard InChI is InChI=1S/C20H18FN5O2.C4H10/c21-13-8-14-15(11-24-19(14)23-10-13)20-25-16(12-4-2-1-3-5-12)9-17(26-20)22-7-6-18(27)28;1-4(2)3/h1-5,8-11,17,22H,6-7H2,(H,23,24)(H,25,26)(H,27,28);4H,1-3H3. The summed E-state index contributed by atoms with van der Waals surface area (Å²) in [6.45, 7) is 6.78. The van der Waals surface area contributed by atoms with E-state index < -0.39 is 18.0 Å². The minimum atomic E-state index is -0.879. The minimum Gasteiger partial charge on any atom is -0.481 e. The molecule has 0 amide bonds. The molecule has 3 heterocycles. The zero-order valence-corrected chi connectivity index (χ0v) is 18.4. The van der Waals surface area contributed by atoms with Crippen molar-refractivity contribution >= 4 is 28.5 Å². The lowest BCUT2D eigenvalue weighted by Gasteiger charge is -2.23. The molecule has 2 aromatic heterocycles. The molecule has 1 aliphatic rings. The fraction of sp³-hybridized carbons (Fsp3) is 0.292. The number of pyridine rings is 1. The Labute approximate surface area is 186 Å². The maximum atomic E-state index is 13.7. The molecule has 0 radical (unpaired) electrons. The van der Waals surface area contributed by atoms with Gasteiger partial charge in [0, 0.05) is 29.4 Å². The second-order valence-corrected chi connectivity index (χ2v) is 8.08. The van der Waals surface area contributed by atoms with Gasteiger partial charge in [-0.05, 0) is 23.6 Å². The van der Waals surface area contributed by atoms with E-state index in [9.17, 15) is 9.18 Å². The predicted molar refractivity (Wildman–Crippen MR) is 125 cm³/mol. The van der Waals surface area contributed by atoms with Gasteiger partial charge in [0.1, 0.15) is 23.5 Å². The number of hydrogen-bond acceptors (Lipinski definition) is 5. The van der Waals surface area contributed by atoms with Crippen molar-refractivity contribution in [3.63, 3.8) is 0 Å². The zero-order valence-electron chi connectivity index (χ0n) is 18.4. The van der Waals surface area contributed by atoms with Gasteiger partial charge < -0.3 is 15.4 Å². The number of rotatable bonds is 6. The predicted octanol–water partition coefficient (Wildman–Crippen LogP) is 4.15. The van der Waals surface area contributed by atoms with Gasteiger partial charge in [-0.25, -0.2) is 14.4 Å². The second-order valence-electron chi connectivity index (χ2n) is 8.08. The van der Waals surface area contributed by atoms with E-state index in [1.165, 1.54) is 6.07 Å². The van der Waals surface area contributed by atoms with E-state index in [1.54, 1.807) is 6.20 Å². The van der Waals surface area contributed by atoms with Crippen LogP contribution in [0.15, 0.2) is 59.9 Å². The zero-order chi connectivity index (χ0) is 23.1. The van der Waals surface area contributed by atoms with Crippen molar-refractivity contribution in [3.05, 3.63) is 71.8 Å². The number of nitrogens with zero attached hydrogens (tertiary/aromatic N) is 2. The van der Waals surface area contributed by atoms with E-state index in [-0.39, 0.29) is 13.0 Å². The van der Waals surface area contributed by atoms with Crippen LogP contribution in [-0.4, -0.2) is 39.6 Å². The Morgan fingerprint density at radius 2 is 1.97 bits per heavy atom. The van der Waals surface area contributed by atoms with Crippen molar-refractivity contribution in [3.8, 4) is 0 Å². The molecule has 0 bridgehead atoms. The number of benzene rings is 1. The summed E-state index contributed by atoms with van der Waals surface area (Å²) in [4.78, 5) is 22.5. The molecule has 0 saturated heterocycles. The Bertz CT molecular complexity index is 1120. The quantitative estimate of drug-likeness (QED) is 0.464. The summed E-state index contributed by atoms with van der Waals surface area (Å²) in [7, 11) is 0. The van der Waals surface area contributed by atoms with Gasteiger partial charge in [0.25, 0.3) is 0 Å². The Morgan fingerprint density at radius 3 is 2.66 bits per heavy atom. The van der Waals surface area contributed by atoms with Crippen LogP contribution in [0.3, 0.4) is 0 Å². The maximum Gasteiger partial charge on any atom is 0.304 e. The Kier molecular flexibility index (Phi) is 7.72. The molecule has 0 fully saturated rings. The first-order chi connectivity index (χ1) is 15.3. The average Bonchev–Trinajstić information content (AvgIpc) is 3.16. The molecule has 1 atom stereocenters. The van der Waals surface area contributed by atoms with Crippen molar-refractivity contribution in [1.82, 2.24) is 20.6 Å². The molecule has 3 aromatic rings. The molecule has 1 aliphatic heterocycles. The third kappa shape index (κ3) is 6.24. The summed E-state index contributed by atoms with van der Waals surface area (Å²) in [5.74, 6) is 0.0728. The first-order valence-corrected chi connectivity index (χ1v) is 10.5. The smallest absolute Gasteiger partial charge is 0.304 e. The van der Waals surface area contributed by atoms with Crippen molar-refractivity contribution in [2.75, 3.05) is 6.54 Å². The molecule has 7 nitrogen and oxygen atoms in total. The summed E-state index contributed by atoms with van der Waals surface area (Å²) in [6.07, 6.45) is 4.35. The molecule has 0 aliphatic carbocycles. The Balaban J connectivity index is 0.000000668. The average molecular weight is 438 g/mol. The van der Waals surface area contributed by atoms with Crippen LogP contribution in [0.25, 0.3) is 16.7 Å². The molecule has 1 aromatic carbocycles. The van der Waals surface area contributed by atoms with Crippen LogP contribution >= 0.6 is 0 Å². The highest BCUT2D eigenvalue weighted by atomic mass is 19.1. The molecule has 4 rings (SSSR count). The number of amidine groups is 1. The summed E-state index contributed by atoms with van der Waals surface area (Å²) in [5.41, 5.74) is 3.04. The van der Waals surface area contributed by atoms with E-state index in [4.69, 9.17) is 5.11 Å². The van der Waals surface area contributed by atoms with Gasteiger partial charge in [0.2, 0.25) is 0 Å². The number of carboxylic acids is 1. The first-order valence-electron chi connectivity index (χ1n) is 10.5. The van der Waals surface area contributed by atoms with Crippen LogP contribution in [-0.2, 0) is 4.79 Å². The van der Waals surface area contributed by atoms with Crippen LogP contribution in [0.2, 0.25) is 0 Å². The lowest BCUT2D eigenvalue weighted by Crippen LogP contribution is -2.37. The van der Waals surface area contributed by atoms with Crippen molar-refractivity contribution < 1.29 is 14.3 Å². The van der Waals surface area contributed by atoms with Gasteiger partial charge in [-0.3, -0.25) is 10.1 Å². The number of nitrogens with one attached hydrogen (secondary N) is 3. The third-order valence-electron chi connectivity index (χ3n) is 4.38. The van der Waals surface area contributed by atoms with Gasteiger partial charge in [-0.2, -0.15) is 0 Å². The fourth-order valence-electron chi connectivity index (χ4n) is 3.06. The summed E-state index contributed by atoms with van der Waals surface area (Å²) in [6, 6.07) is 11.1. The number of halogens is 1. The molecular weight excluding hydrogens is 409 g/mol. The largest absolute Gasteiger partial charge is 0.481 e. The molecule has 168 valence electrons. The molecule has 32 heavy (non-hydrogen) atoms. The number of H-pyrrole nitrogens is 1. The fourth-order valence-corrected chi connectivity index (χ4v) is 3.06. The SMILES string of the molecule is CC(C)C.O=C(O)CCNC1C=C(c2ccccc2)NC(c2c[nH]c3ncc(F)cc23)=N1. The molecule has 0 saturated carbocycles. The number of aromatic nitrogens is 2. The number of aliphatic carboxylic acids is 1. The van der Waals surface area contributed by atoms with Gasteiger partial charge >= 0.3 is 5.97 Å². The third-order valence-corrected chi connectivity index (χ3v) is 4.38. The van der Waals surface area contributed by atoms with Crippen molar-refractivity contribution in [1.29, 1.82) is 0 Å². The molecular formula is C24H28FN5O2. The number of aliphatic imine (C=N–C) groups is 1. The maximum absolute atomic E-state index is 13.7. The van der Waals surface area contributed by atoms with Crippen LogP contribution in [0.5, 0.6) is 0 Å². The highest BCUT2D eigenvalue weighted by Gasteiger charge is 2.20. The summed E-state index contributed by atoms with van der Waals surface area (Å²) in [5, 5.41) is 15.9. The van der Waals surface area contributed by atoms with Crippen LogP contribution < -0.4 is 10.6 Å². The summed E-state index contributed by atoms with van der Waals surface area (Å²) >= 11 is 0. The molecule has 0 spiro atoms. The van der Waals surface area contributed by atoms with Crippen molar-refractivity contribution in [2.45, 2.75) is 33.4 Å². The summed E-state index contributed by atoms with van der Waals surface area (Å²) < 4.78 is 13.7. The molecule has 8 heteroatoms. The Morgan fingerprint density at radius 1 is 1.25 bits per heavy atom. The molecule has 1 unspecified atom stereocenters. The van der Waals surface area contributed by atoms with Crippen LogP contribution in [0.4, 0.5) is 4.39 Å². The number of carboxylic acid groups (broad SMARTS) is 1. The lowest BCUT2D eigenvalue weighted by atomic mass is 10.1. The molecule has 4 N–H and O–H groups in total. The monoisotopic (exact) mass is 437 g/mol. The van der Waals surface area contributed by atoms with E-state index in [0.717, 1.165) is 23.4 Å². The number of carbonyl (C=O) groups is 1. The number of aromatic amines is 1. The lowest BCUT2D eigenvalue weighted by molar-refractivity contribution is -0.136.